The smallest absolute Gasteiger partial charge is 0.222 e. The quantitative estimate of drug-likeness (QED) is 0.879. The highest BCUT2D eigenvalue weighted by atomic mass is 19.1. The first kappa shape index (κ1) is 18.0. The standard InChI is InChI=1S/C22H25FN2O2/c23-19-4-6-20(7-5-19)27-21-9-11-25(12-10-21)22(26)8-2-16-1-3-17-14-24-15-18(17)13-16/h1,3-7,13,21,24H,2,8-12,14-15H2. The van der Waals surface area contributed by atoms with Crippen molar-refractivity contribution < 1.29 is 13.9 Å². The van der Waals surface area contributed by atoms with Crippen LogP contribution in [0.3, 0.4) is 0 Å². The molecule has 0 aliphatic carbocycles. The van der Waals surface area contributed by atoms with Crippen molar-refractivity contribution in [2.24, 2.45) is 0 Å². The van der Waals surface area contributed by atoms with Crippen LogP contribution in [0.15, 0.2) is 42.5 Å². The van der Waals surface area contributed by atoms with Gasteiger partial charge >= 0.3 is 0 Å². The lowest BCUT2D eigenvalue weighted by atomic mass is 10.0. The van der Waals surface area contributed by atoms with Crippen LogP contribution < -0.4 is 10.1 Å². The van der Waals surface area contributed by atoms with Gasteiger partial charge in [0.05, 0.1) is 0 Å². The van der Waals surface area contributed by atoms with E-state index in [9.17, 15) is 9.18 Å². The summed E-state index contributed by atoms with van der Waals surface area (Å²) in [5.74, 6) is 0.642. The van der Waals surface area contributed by atoms with Crippen molar-refractivity contribution >= 4 is 5.91 Å². The van der Waals surface area contributed by atoms with Crippen LogP contribution in [0.4, 0.5) is 4.39 Å². The summed E-state index contributed by atoms with van der Waals surface area (Å²) in [4.78, 5) is 14.5. The third kappa shape index (κ3) is 4.48. The molecule has 0 unspecified atom stereocenters. The fourth-order valence-corrected chi connectivity index (χ4v) is 3.84. The van der Waals surface area contributed by atoms with Crippen LogP contribution in [0.5, 0.6) is 5.75 Å². The minimum Gasteiger partial charge on any atom is -0.490 e. The van der Waals surface area contributed by atoms with Crippen molar-refractivity contribution in [3.05, 3.63) is 65.0 Å². The second kappa shape index (κ2) is 8.09. The number of likely N-dealkylation sites (tertiary alicyclic amines) is 1. The van der Waals surface area contributed by atoms with Crippen LogP contribution >= 0.6 is 0 Å². The first-order valence-corrected chi connectivity index (χ1v) is 9.69. The maximum absolute atomic E-state index is 13.0. The first-order chi connectivity index (χ1) is 13.2. The molecule has 2 aromatic rings. The Labute approximate surface area is 159 Å². The summed E-state index contributed by atoms with van der Waals surface area (Å²) in [6.07, 6.45) is 3.05. The van der Waals surface area contributed by atoms with Gasteiger partial charge < -0.3 is 15.0 Å². The summed E-state index contributed by atoms with van der Waals surface area (Å²) < 4.78 is 18.9. The van der Waals surface area contributed by atoms with Crippen molar-refractivity contribution in [1.82, 2.24) is 10.2 Å². The number of halogens is 1. The number of hydrogen-bond acceptors (Lipinski definition) is 3. The number of amides is 1. The molecule has 1 N–H and O–H groups in total. The largest absolute Gasteiger partial charge is 0.490 e. The first-order valence-electron chi connectivity index (χ1n) is 9.69. The summed E-state index contributed by atoms with van der Waals surface area (Å²) in [5, 5.41) is 3.35. The predicted molar refractivity (Wildman–Crippen MR) is 102 cm³/mol. The molecule has 2 aliphatic rings. The molecule has 2 heterocycles. The minimum atomic E-state index is -0.262. The van der Waals surface area contributed by atoms with E-state index in [-0.39, 0.29) is 17.8 Å². The van der Waals surface area contributed by atoms with Gasteiger partial charge in [-0.05, 0) is 47.4 Å². The molecular weight excluding hydrogens is 343 g/mol. The Hall–Kier alpha value is -2.40. The number of hydrogen-bond donors (Lipinski definition) is 1. The zero-order valence-corrected chi connectivity index (χ0v) is 15.4. The van der Waals surface area contributed by atoms with Gasteiger partial charge in [-0.1, -0.05) is 18.2 Å². The van der Waals surface area contributed by atoms with Gasteiger partial charge in [0.2, 0.25) is 5.91 Å². The Morgan fingerprint density at radius 2 is 1.81 bits per heavy atom. The number of carbonyl (C=O) groups excluding carboxylic acids is 1. The number of nitrogens with one attached hydrogen (secondary N) is 1. The van der Waals surface area contributed by atoms with Crippen molar-refractivity contribution in [1.29, 1.82) is 0 Å². The maximum Gasteiger partial charge on any atom is 0.222 e. The molecule has 0 spiro atoms. The Kier molecular flexibility index (Phi) is 5.39. The van der Waals surface area contributed by atoms with Gasteiger partial charge in [0.1, 0.15) is 17.7 Å². The lowest BCUT2D eigenvalue weighted by Gasteiger charge is -2.32. The number of carbonyl (C=O) groups is 1. The molecule has 1 amide bonds. The van der Waals surface area contributed by atoms with Gasteiger partial charge in [0.15, 0.2) is 0 Å². The highest BCUT2D eigenvalue weighted by Gasteiger charge is 2.23. The van der Waals surface area contributed by atoms with Crippen LogP contribution in [0.2, 0.25) is 0 Å². The molecular formula is C22H25FN2O2. The highest BCUT2D eigenvalue weighted by molar-refractivity contribution is 5.76. The van der Waals surface area contributed by atoms with E-state index in [2.05, 4.69) is 23.5 Å². The summed E-state index contributed by atoms with van der Waals surface area (Å²) in [7, 11) is 0. The molecule has 5 heteroatoms. The van der Waals surface area contributed by atoms with E-state index in [0.29, 0.717) is 12.2 Å². The Morgan fingerprint density at radius 3 is 2.59 bits per heavy atom. The fourth-order valence-electron chi connectivity index (χ4n) is 3.84. The Bertz CT molecular complexity index is 798. The zero-order valence-electron chi connectivity index (χ0n) is 15.4. The summed E-state index contributed by atoms with van der Waals surface area (Å²) in [6, 6.07) is 12.7. The number of benzene rings is 2. The van der Waals surface area contributed by atoms with Gasteiger partial charge in [0.25, 0.3) is 0 Å². The molecule has 4 rings (SSSR count). The van der Waals surface area contributed by atoms with Crippen molar-refractivity contribution in [3.8, 4) is 5.75 Å². The maximum atomic E-state index is 13.0. The molecule has 4 nitrogen and oxygen atoms in total. The molecule has 1 fully saturated rings. The molecule has 0 aromatic heterocycles. The van der Waals surface area contributed by atoms with E-state index < -0.39 is 0 Å². The second-order valence-electron chi connectivity index (χ2n) is 7.36. The van der Waals surface area contributed by atoms with Gasteiger partial charge in [-0.25, -0.2) is 4.39 Å². The number of nitrogens with zero attached hydrogens (tertiary/aromatic N) is 1. The van der Waals surface area contributed by atoms with Crippen molar-refractivity contribution in [2.75, 3.05) is 13.1 Å². The lowest BCUT2D eigenvalue weighted by Crippen LogP contribution is -2.41. The molecule has 0 saturated carbocycles. The van der Waals surface area contributed by atoms with E-state index in [1.807, 2.05) is 4.90 Å². The summed E-state index contributed by atoms with van der Waals surface area (Å²) in [5.41, 5.74) is 3.97. The van der Waals surface area contributed by atoms with E-state index in [0.717, 1.165) is 45.4 Å². The van der Waals surface area contributed by atoms with E-state index in [4.69, 9.17) is 4.74 Å². The van der Waals surface area contributed by atoms with Gasteiger partial charge in [-0.15, -0.1) is 0 Å². The molecule has 27 heavy (non-hydrogen) atoms. The summed E-state index contributed by atoms with van der Waals surface area (Å²) >= 11 is 0. The Morgan fingerprint density at radius 1 is 1.07 bits per heavy atom. The average Bonchev–Trinajstić information content (AvgIpc) is 3.16. The molecule has 0 atom stereocenters. The average molecular weight is 368 g/mol. The van der Waals surface area contributed by atoms with E-state index in [1.165, 1.54) is 28.8 Å². The minimum absolute atomic E-state index is 0.0868. The number of aryl methyl sites for hydroxylation is 1. The van der Waals surface area contributed by atoms with Gasteiger partial charge in [-0.3, -0.25) is 4.79 Å². The normalized spacial score (nSPS) is 17.0. The summed E-state index contributed by atoms with van der Waals surface area (Å²) in [6.45, 7) is 3.32. The lowest BCUT2D eigenvalue weighted by molar-refractivity contribution is -0.132. The van der Waals surface area contributed by atoms with Gasteiger partial charge in [-0.2, -0.15) is 0 Å². The molecule has 0 radical (unpaired) electrons. The fraction of sp³-hybridized carbons (Fsp3) is 0.409. The van der Waals surface area contributed by atoms with Crippen LogP contribution in [-0.4, -0.2) is 30.0 Å². The van der Waals surface area contributed by atoms with Crippen LogP contribution in [0.1, 0.15) is 36.0 Å². The monoisotopic (exact) mass is 368 g/mol. The molecule has 2 aliphatic heterocycles. The molecule has 2 aromatic carbocycles. The van der Waals surface area contributed by atoms with Gasteiger partial charge in [0, 0.05) is 45.4 Å². The van der Waals surface area contributed by atoms with Crippen molar-refractivity contribution in [3.63, 3.8) is 0 Å². The Balaban J connectivity index is 1.23. The second-order valence-corrected chi connectivity index (χ2v) is 7.36. The molecule has 0 bridgehead atoms. The van der Waals surface area contributed by atoms with Crippen LogP contribution in [-0.2, 0) is 24.3 Å². The predicted octanol–water partition coefficient (Wildman–Crippen LogP) is 3.43. The number of piperidine rings is 1. The number of rotatable bonds is 5. The molecule has 1 saturated heterocycles. The third-order valence-corrected chi connectivity index (χ3v) is 5.44. The number of ether oxygens (including phenoxy) is 1. The topological polar surface area (TPSA) is 41.6 Å². The highest BCUT2D eigenvalue weighted by Crippen LogP contribution is 2.21. The zero-order chi connectivity index (χ0) is 18.6. The third-order valence-electron chi connectivity index (χ3n) is 5.44. The van der Waals surface area contributed by atoms with Crippen LogP contribution in [0.25, 0.3) is 0 Å². The van der Waals surface area contributed by atoms with E-state index >= 15 is 0 Å². The number of fused-ring (bicyclic) bond motifs is 1. The van der Waals surface area contributed by atoms with E-state index in [1.54, 1.807) is 12.1 Å². The van der Waals surface area contributed by atoms with Crippen LogP contribution in [0, 0.1) is 5.82 Å². The molecule has 142 valence electrons. The SMILES string of the molecule is O=C(CCc1ccc2c(c1)CNC2)N1CCC(Oc2ccc(F)cc2)CC1. The van der Waals surface area contributed by atoms with Crippen molar-refractivity contribution in [2.45, 2.75) is 44.9 Å².